The molecule has 140 valence electrons. The maximum absolute atomic E-state index is 6.12. The van der Waals surface area contributed by atoms with Gasteiger partial charge in [-0.25, -0.2) is 0 Å². The molecular formula is C22H26Cl2O2. The van der Waals surface area contributed by atoms with E-state index in [4.69, 9.17) is 32.7 Å². The molecule has 3 rings (SSSR count). The monoisotopic (exact) mass is 392 g/mol. The Morgan fingerprint density at radius 1 is 0.615 bits per heavy atom. The summed E-state index contributed by atoms with van der Waals surface area (Å²) in [6, 6.07) is 15.8. The van der Waals surface area contributed by atoms with Gasteiger partial charge in [-0.05, 0) is 73.9 Å². The van der Waals surface area contributed by atoms with Gasteiger partial charge in [-0.1, -0.05) is 47.5 Å². The van der Waals surface area contributed by atoms with Crippen LogP contribution in [0.3, 0.4) is 0 Å². The van der Waals surface area contributed by atoms with Gasteiger partial charge in [0.1, 0.15) is 0 Å². The second kappa shape index (κ2) is 10.3. The van der Waals surface area contributed by atoms with Crippen molar-refractivity contribution in [1.82, 2.24) is 0 Å². The fraction of sp³-hybridized carbons (Fsp3) is 0.455. The molecule has 0 radical (unpaired) electrons. The van der Waals surface area contributed by atoms with Gasteiger partial charge in [-0.3, -0.25) is 0 Å². The highest BCUT2D eigenvalue weighted by Gasteiger charge is 2.18. The van der Waals surface area contributed by atoms with Gasteiger partial charge >= 0.3 is 0 Å². The smallest absolute Gasteiger partial charge is 0.0720 e. The predicted octanol–water partition coefficient (Wildman–Crippen LogP) is 6.82. The topological polar surface area (TPSA) is 18.5 Å². The van der Waals surface area contributed by atoms with Crippen molar-refractivity contribution in [3.8, 4) is 0 Å². The molecule has 2 nitrogen and oxygen atoms in total. The van der Waals surface area contributed by atoms with E-state index in [1.165, 1.54) is 11.1 Å². The van der Waals surface area contributed by atoms with Crippen LogP contribution in [0.1, 0.15) is 49.7 Å². The van der Waals surface area contributed by atoms with E-state index in [2.05, 4.69) is 0 Å². The Bertz CT molecular complexity index is 587. The van der Waals surface area contributed by atoms with Crippen LogP contribution in [0.15, 0.2) is 48.5 Å². The first kappa shape index (κ1) is 19.7. The molecule has 4 heteroatoms. The fourth-order valence-corrected chi connectivity index (χ4v) is 3.61. The molecule has 2 aromatic rings. The fourth-order valence-electron chi connectivity index (χ4n) is 3.36. The molecule has 26 heavy (non-hydrogen) atoms. The maximum atomic E-state index is 6.12. The molecule has 1 aliphatic rings. The van der Waals surface area contributed by atoms with Crippen LogP contribution in [0, 0.1) is 0 Å². The summed E-state index contributed by atoms with van der Waals surface area (Å²) in [6.07, 6.45) is 7.42. The Labute approximate surface area is 166 Å². The molecule has 0 aliphatic heterocycles. The summed E-state index contributed by atoms with van der Waals surface area (Å²) in [4.78, 5) is 0. The van der Waals surface area contributed by atoms with Crippen molar-refractivity contribution in [2.75, 3.05) is 0 Å². The number of halogens is 2. The third-order valence-corrected chi connectivity index (χ3v) is 5.41. The van der Waals surface area contributed by atoms with E-state index < -0.39 is 0 Å². The van der Waals surface area contributed by atoms with Crippen molar-refractivity contribution in [3.05, 3.63) is 69.7 Å². The third-order valence-electron chi connectivity index (χ3n) is 4.90. The number of hydrogen-bond acceptors (Lipinski definition) is 2. The lowest BCUT2D eigenvalue weighted by molar-refractivity contribution is -0.00856. The Morgan fingerprint density at radius 2 is 0.962 bits per heavy atom. The third kappa shape index (κ3) is 6.59. The Morgan fingerprint density at radius 3 is 1.31 bits per heavy atom. The van der Waals surface area contributed by atoms with Gasteiger partial charge in [0, 0.05) is 10.0 Å². The quantitative estimate of drug-likeness (QED) is 0.536. The van der Waals surface area contributed by atoms with Gasteiger partial charge in [0.05, 0.1) is 25.4 Å². The average molecular weight is 393 g/mol. The molecule has 0 unspecified atom stereocenters. The summed E-state index contributed by atoms with van der Waals surface area (Å²) in [7, 11) is 0. The van der Waals surface area contributed by atoms with Gasteiger partial charge in [0.2, 0.25) is 0 Å². The van der Waals surface area contributed by atoms with Gasteiger partial charge in [0.15, 0.2) is 0 Å². The lowest BCUT2D eigenvalue weighted by atomic mass is 9.96. The number of benzene rings is 2. The molecule has 0 amide bonds. The molecule has 0 saturated heterocycles. The molecule has 0 spiro atoms. The summed E-state index contributed by atoms with van der Waals surface area (Å²) in [5.74, 6) is 0. The lowest BCUT2D eigenvalue weighted by Crippen LogP contribution is -2.21. The van der Waals surface area contributed by atoms with Crippen molar-refractivity contribution >= 4 is 23.2 Å². The van der Waals surface area contributed by atoms with E-state index in [1.54, 1.807) is 0 Å². The number of hydrogen-bond donors (Lipinski definition) is 0. The molecule has 2 aromatic carbocycles. The molecule has 1 fully saturated rings. The van der Waals surface area contributed by atoms with Crippen LogP contribution >= 0.6 is 23.2 Å². The zero-order chi connectivity index (χ0) is 18.2. The van der Waals surface area contributed by atoms with E-state index >= 15 is 0 Å². The molecule has 0 atom stereocenters. The van der Waals surface area contributed by atoms with Crippen molar-refractivity contribution < 1.29 is 9.47 Å². The van der Waals surface area contributed by atoms with Gasteiger partial charge in [-0.2, -0.15) is 0 Å². The van der Waals surface area contributed by atoms with Gasteiger partial charge in [0.25, 0.3) is 0 Å². The molecular weight excluding hydrogens is 367 g/mol. The second-order valence-electron chi connectivity index (χ2n) is 6.98. The highest BCUT2D eigenvalue weighted by Crippen LogP contribution is 2.24. The van der Waals surface area contributed by atoms with Crippen LogP contribution in [-0.4, -0.2) is 12.2 Å². The predicted molar refractivity (Wildman–Crippen MR) is 108 cm³/mol. The van der Waals surface area contributed by atoms with Crippen molar-refractivity contribution in [2.45, 2.75) is 63.9 Å². The molecule has 0 N–H and O–H groups in total. The SMILES string of the molecule is Clc1ccc(COC2CCCC(OCc3ccc(Cl)cc3)CCC2)cc1. The number of ether oxygens (including phenoxy) is 2. The maximum Gasteiger partial charge on any atom is 0.0720 e. The summed E-state index contributed by atoms with van der Waals surface area (Å²) < 4.78 is 12.2. The van der Waals surface area contributed by atoms with Crippen LogP contribution < -0.4 is 0 Å². The van der Waals surface area contributed by atoms with Crippen LogP contribution in [0.4, 0.5) is 0 Å². The van der Waals surface area contributed by atoms with Crippen LogP contribution in [0.2, 0.25) is 10.0 Å². The Hall–Kier alpha value is -1.06. The summed E-state index contributed by atoms with van der Waals surface area (Å²) >= 11 is 11.9. The van der Waals surface area contributed by atoms with Crippen LogP contribution in [0.5, 0.6) is 0 Å². The van der Waals surface area contributed by atoms with E-state index in [-0.39, 0.29) is 0 Å². The highest BCUT2D eigenvalue weighted by molar-refractivity contribution is 6.30. The minimum Gasteiger partial charge on any atom is -0.374 e. The van der Waals surface area contributed by atoms with E-state index in [1.807, 2.05) is 48.5 Å². The van der Waals surface area contributed by atoms with E-state index in [0.717, 1.165) is 48.6 Å². The standard InChI is InChI=1S/C22H26Cl2O2/c23-19-11-7-17(8-12-19)15-25-21-3-1-4-22(6-2-5-21)26-16-18-9-13-20(24)14-10-18/h7-14,21-22H,1-6,15-16H2. The summed E-state index contributed by atoms with van der Waals surface area (Å²) in [5, 5.41) is 1.54. The highest BCUT2D eigenvalue weighted by atomic mass is 35.5. The molecule has 0 heterocycles. The Balaban J connectivity index is 1.37. The van der Waals surface area contributed by atoms with E-state index in [9.17, 15) is 0 Å². The van der Waals surface area contributed by atoms with Gasteiger partial charge in [-0.15, -0.1) is 0 Å². The first-order valence-corrected chi connectivity index (χ1v) is 10.2. The second-order valence-corrected chi connectivity index (χ2v) is 7.85. The zero-order valence-electron chi connectivity index (χ0n) is 15.0. The first-order valence-electron chi connectivity index (χ1n) is 9.41. The average Bonchev–Trinajstić information content (AvgIpc) is 2.63. The summed E-state index contributed by atoms with van der Waals surface area (Å²) in [6.45, 7) is 1.33. The lowest BCUT2D eigenvalue weighted by Gasteiger charge is -2.25. The number of rotatable bonds is 6. The van der Waals surface area contributed by atoms with Crippen molar-refractivity contribution in [3.63, 3.8) is 0 Å². The zero-order valence-corrected chi connectivity index (χ0v) is 16.5. The van der Waals surface area contributed by atoms with Crippen molar-refractivity contribution in [2.24, 2.45) is 0 Å². The molecule has 0 aromatic heterocycles. The largest absolute Gasteiger partial charge is 0.374 e. The van der Waals surface area contributed by atoms with Crippen LogP contribution in [-0.2, 0) is 22.7 Å². The molecule has 0 bridgehead atoms. The van der Waals surface area contributed by atoms with Gasteiger partial charge < -0.3 is 9.47 Å². The van der Waals surface area contributed by atoms with E-state index in [0.29, 0.717) is 25.4 Å². The van der Waals surface area contributed by atoms with Crippen molar-refractivity contribution in [1.29, 1.82) is 0 Å². The molecule has 1 saturated carbocycles. The first-order chi connectivity index (χ1) is 12.7. The normalized spacial score (nSPS) is 21.2. The molecule has 1 aliphatic carbocycles. The Kier molecular flexibility index (Phi) is 7.82. The van der Waals surface area contributed by atoms with Crippen LogP contribution in [0.25, 0.3) is 0 Å². The summed E-state index contributed by atoms with van der Waals surface area (Å²) in [5.41, 5.74) is 2.36. The minimum absolute atomic E-state index is 0.350. The minimum atomic E-state index is 0.350.